The molecule has 1 amide bonds. The predicted octanol–water partition coefficient (Wildman–Crippen LogP) is 3.69. The van der Waals surface area contributed by atoms with Crippen molar-refractivity contribution < 1.29 is 18.7 Å². The van der Waals surface area contributed by atoms with E-state index in [0.29, 0.717) is 24.0 Å². The number of para-hydroxylation sites is 1. The highest BCUT2D eigenvalue weighted by Gasteiger charge is 2.25. The van der Waals surface area contributed by atoms with Gasteiger partial charge in [0.1, 0.15) is 11.3 Å². The highest BCUT2D eigenvalue weighted by molar-refractivity contribution is 7.22. The van der Waals surface area contributed by atoms with Gasteiger partial charge in [-0.3, -0.25) is 14.6 Å². The number of furan rings is 1. The van der Waals surface area contributed by atoms with Crippen LogP contribution in [0.4, 0.5) is 5.13 Å². The standard InChI is InChI=1S/C20H23N3O4S.ClH/c1-2-26-15-5-3-7-17-18(15)21-20(28-17)23(19(24)16-6-4-12-27-16)9-8-22-10-13-25-14-11-22;/h3-7,12H,2,8-11,13-14H2,1H3;1H. The van der Waals surface area contributed by atoms with Gasteiger partial charge in [0, 0.05) is 26.2 Å². The second-order valence-corrected chi connectivity index (χ2v) is 7.43. The molecule has 1 aliphatic rings. The maximum absolute atomic E-state index is 13.1. The Morgan fingerprint density at radius 3 is 2.83 bits per heavy atom. The lowest BCUT2D eigenvalue weighted by Gasteiger charge is -2.28. The Morgan fingerprint density at radius 1 is 1.28 bits per heavy atom. The largest absolute Gasteiger partial charge is 0.492 e. The minimum Gasteiger partial charge on any atom is -0.492 e. The lowest BCUT2D eigenvalue weighted by molar-refractivity contribution is 0.0390. The van der Waals surface area contributed by atoms with Crippen LogP contribution in [0.2, 0.25) is 0 Å². The number of anilines is 1. The van der Waals surface area contributed by atoms with Gasteiger partial charge in [-0.2, -0.15) is 0 Å². The summed E-state index contributed by atoms with van der Waals surface area (Å²) in [6.07, 6.45) is 1.51. The van der Waals surface area contributed by atoms with Gasteiger partial charge in [0.15, 0.2) is 10.9 Å². The highest BCUT2D eigenvalue weighted by atomic mass is 35.5. The number of thiazole rings is 1. The number of halogens is 1. The zero-order valence-corrected chi connectivity index (χ0v) is 17.8. The number of amides is 1. The first-order chi connectivity index (χ1) is 13.8. The number of ether oxygens (including phenoxy) is 2. The molecule has 1 saturated heterocycles. The number of fused-ring (bicyclic) bond motifs is 1. The molecule has 0 N–H and O–H groups in total. The molecular weight excluding hydrogens is 414 g/mol. The molecular formula is C20H24ClN3O4S. The van der Waals surface area contributed by atoms with Crippen molar-refractivity contribution in [3.05, 3.63) is 42.4 Å². The van der Waals surface area contributed by atoms with Gasteiger partial charge < -0.3 is 13.9 Å². The smallest absolute Gasteiger partial charge is 0.295 e. The fourth-order valence-corrected chi connectivity index (χ4v) is 4.19. The van der Waals surface area contributed by atoms with Gasteiger partial charge in [-0.15, -0.1) is 12.4 Å². The Kier molecular flexibility index (Phi) is 7.49. The van der Waals surface area contributed by atoms with Crippen LogP contribution < -0.4 is 9.64 Å². The van der Waals surface area contributed by atoms with Gasteiger partial charge in [-0.25, -0.2) is 4.98 Å². The average Bonchev–Trinajstić information content (AvgIpc) is 3.39. The third-order valence-corrected chi connectivity index (χ3v) is 5.67. The summed E-state index contributed by atoms with van der Waals surface area (Å²) < 4.78 is 17.5. The Hall–Kier alpha value is -2.13. The Labute approximate surface area is 179 Å². The van der Waals surface area contributed by atoms with Crippen LogP contribution in [-0.4, -0.2) is 61.8 Å². The third-order valence-electron chi connectivity index (χ3n) is 4.62. The first-order valence-corrected chi connectivity index (χ1v) is 10.3. The summed E-state index contributed by atoms with van der Waals surface area (Å²) in [4.78, 5) is 21.8. The third kappa shape index (κ3) is 4.90. The molecule has 156 valence electrons. The number of nitrogens with zero attached hydrogens (tertiary/aromatic N) is 3. The summed E-state index contributed by atoms with van der Waals surface area (Å²) in [5.41, 5.74) is 0.785. The van der Waals surface area contributed by atoms with Crippen molar-refractivity contribution in [1.82, 2.24) is 9.88 Å². The van der Waals surface area contributed by atoms with E-state index in [1.165, 1.54) is 17.6 Å². The van der Waals surface area contributed by atoms with Crippen LogP contribution in [0.5, 0.6) is 5.75 Å². The Bertz CT molecular complexity index is 925. The molecule has 29 heavy (non-hydrogen) atoms. The Balaban J connectivity index is 0.00000240. The number of hydrogen-bond donors (Lipinski definition) is 0. The summed E-state index contributed by atoms with van der Waals surface area (Å²) in [5.74, 6) is 0.864. The van der Waals surface area contributed by atoms with E-state index < -0.39 is 0 Å². The van der Waals surface area contributed by atoms with Crippen molar-refractivity contribution in [2.75, 3.05) is 50.9 Å². The molecule has 0 bridgehead atoms. The lowest BCUT2D eigenvalue weighted by Crippen LogP contribution is -2.43. The van der Waals surface area contributed by atoms with Gasteiger partial charge in [0.25, 0.3) is 5.91 Å². The molecule has 0 spiro atoms. The number of rotatable bonds is 7. The first kappa shape index (κ1) is 21.6. The monoisotopic (exact) mass is 437 g/mol. The van der Waals surface area contributed by atoms with E-state index in [1.807, 2.05) is 25.1 Å². The summed E-state index contributed by atoms with van der Waals surface area (Å²) in [6, 6.07) is 9.25. The van der Waals surface area contributed by atoms with Gasteiger partial charge >= 0.3 is 0 Å². The molecule has 9 heteroatoms. The molecule has 0 aliphatic carbocycles. The summed E-state index contributed by atoms with van der Waals surface area (Å²) in [6.45, 7) is 7.00. The van der Waals surface area contributed by atoms with Crippen LogP contribution in [0.15, 0.2) is 41.0 Å². The van der Waals surface area contributed by atoms with E-state index in [1.54, 1.807) is 17.0 Å². The van der Waals surface area contributed by atoms with Crippen molar-refractivity contribution in [2.24, 2.45) is 0 Å². The van der Waals surface area contributed by atoms with Crippen LogP contribution in [0, 0.1) is 0 Å². The molecule has 0 radical (unpaired) electrons. The van der Waals surface area contributed by atoms with Crippen molar-refractivity contribution in [3.63, 3.8) is 0 Å². The van der Waals surface area contributed by atoms with E-state index in [-0.39, 0.29) is 18.3 Å². The van der Waals surface area contributed by atoms with E-state index in [4.69, 9.17) is 18.9 Å². The minimum atomic E-state index is -0.185. The van der Waals surface area contributed by atoms with Crippen LogP contribution in [0.1, 0.15) is 17.5 Å². The highest BCUT2D eigenvalue weighted by Crippen LogP contribution is 2.34. The van der Waals surface area contributed by atoms with Gasteiger partial charge in [-0.05, 0) is 31.2 Å². The maximum Gasteiger partial charge on any atom is 0.295 e. The van der Waals surface area contributed by atoms with E-state index in [0.717, 1.165) is 48.8 Å². The second-order valence-electron chi connectivity index (χ2n) is 6.42. The molecule has 4 rings (SSSR count). The SMILES string of the molecule is CCOc1cccc2sc(N(CCN3CCOCC3)C(=O)c3ccco3)nc12.Cl. The molecule has 0 unspecified atom stereocenters. The quantitative estimate of drug-likeness (QED) is 0.561. The van der Waals surface area contributed by atoms with E-state index >= 15 is 0 Å². The summed E-state index contributed by atoms with van der Waals surface area (Å²) in [5, 5.41) is 0.650. The maximum atomic E-state index is 13.1. The Morgan fingerprint density at radius 2 is 2.10 bits per heavy atom. The molecule has 0 atom stereocenters. The van der Waals surface area contributed by atoms with E-state index in [2.05, 4.69) is 4.90 Å². The molecule has 1 aromatic carbocycles. The number of hydrogen-bond acceptors (Lipinski definition) is 7. The summed E-state index contributed by atoms with van der Waals surface area (Å²) in [7, 11) is 0. The zero-order valence-electron chi connectivity index (χ0n) is 16.2. The van der Waals surface area contributed by atoms with Crippen LogP contribution in [0.3, 0.4) is 0 Å². The average molecular weight is 438 g/mol. The van der Waals surface area contributed by atoms with Crippen LogP contribution in [-0.2, 0) is 4.74 Å². The predicted molar refractivity (Wildman–Crippen MR) is 116 cm³/mol. The normalized spacial score (nSPS) is 14.5. The number of morpholine rings is 1. The number of carbonyl (C=O) groups is 1. The molecule has 1 fully saturated rings. The minimum absolute atomic E-state index is 0. The van der Waals surface area contributed by atoms with Gasteiger partial charge in [0.2, 0.25) is 0 Å². The molecule has 7 nitrogen and oxygen atoms in total. The van der Waals surface area contributed by atoms with Crippen LogP contribution in [0.25, 0.3) is 10.2 Å². The number of benzene rings is 1. The van der Waals surface area contributed by atoms with Crippen molar-refractivity contribution >= 4 is 45.0 Å². The summed E-state index contributed by atoms with van der Waals surface area (Å²) >= 11 is 1.49. The molecule has 3 heterocycles. The van der Waals surface area contributed by atoms with E-state index in [9.17, 15) is 4.79 Å². The fraction of sp³-hybridized carbons (Fsp3) is 0.400. The molecule has 2 aromatic heterocycles. The number of aromatic nitrogens is 1. The molecule has 3 aromatic rings. The second kappa shape index (κ2) is 10.1. The topological polar surface area (TPSA) is 68.0 Å². The molecule has 1 aliphatic heterocycles. The zero-order chi connectivity index (χ0) is 19.3. The van der Waals surface area contributed by atoms with Gasteiger partial charge in [0.05, 0.1) is 30.8 Å². The molecule has 0 saturated carbocycles. The van der Waals surface area contributed by atoms with Crippen molar-refractivity contribution in [2.45, 2.75) is 6.92 Å². The fourth-order valence-electron chi connectivity index (χ4n) is 3.18. The lowest BCUT2D eigenvalue weighted by atomic mass is 10.3. The van der Waals surface area contributed by atoms with Crippen molar-refractivity contribution in [1.29, 1.82) is 0 Å². The van der Waals surface area contributed by atoms with Crippen molar-refractivity contribution in [3.8, 4) is 5.75 Å². The van der Waals surface area contributed by atoms with Crippen LogP contribution >= 0.6 is 23.7 Å². The van der Waals surface area contributed by atoms with Gasteiger partial charge in [-0.1, -0.05) is 17.4 Å². The number of carbonyl (C=O) groups excluding carboxylic acids is 1. The first-order valence-electron chi connectivity index (χ1n) is 9.44.